The number of carbonyl (C=O) groups is 2. The molecule has 0 aliphatic carbocycles. The SMILES string of the molecule is COc1cc(C(=O)N2CCC(NC(=O)OC(C)(C)C)c3c2cnn3C(C)C)cnc1OC. The average Bonchev–Trinajstić information content (AvgIpc) is 3.17. The van der Waals surface area contributed by atoms with Gasteiger partial charge in [0.25, 0.3) is 11.8 Å². The molecule has 1 aliphatic rings. The van der Waals surface area contributed by atoms with Crippen molar-refractivity contribution in [2.45, 2.75) is 58.7 Å². The molecule has 0 fully saturated rings. The lowest BCUT2D eigenvalue weighted by molar-refractivity contribution is 0.0498. The van der Waals surface area contributed by atoms with E-state index in [2.05, 4.69) is 15.4 Å². The van der Waals surface area contributed by atoms with Crippen molar-refractivity contribution in [3.63, 3.8) is 0 Å². The molecule has 0 aromatic carbocycles. The molecule has 1 aliphatic heterocycles. The van der Waals surface area contributed by atoms with Gasteiger partial charge < -0.3 is 24.4 Å². The molecule has 1 atom stereocenters. The monoisotopic (exact) mass is 445 g/mol. The number of aromatic nitrogens is 3. The molecule has 0 radical (unpaired) electrons. The zero-order valence-corrected chi connectivity index (χ0v) is 19.6. The van der Waals surface area contributed by atoms with Gasteiger partial charge in [0.1, 0.15) is 5.60 Å². The Bertz CT molecular complexity index is 995. The van der Waals surface area contributed by atoms with Crippen molar-refractivity contribution >= 4 is 17.7 Å². The topological polar surface area (TPSA) is 108 Å². The lowest BCUT2D eigenvalue weighted by atomic mass is 10.0. The number of anilines is 1. The third kappa shape index (κ3) is 4.79. The fraction of sp³-hybridized carbons (Fsp3) is 0.545. The zero-order chi connectivity index (χ0) is 23.6. The van der Waals surface area contributed by atoms with Crippen LogP contribution >= 0.6 is 0 Å². The Hall–Kier alpha value is -3.30. The summed E-state index contributed by atoms with van der Waals surface area (Å²) in [5.41, 5.74) is 1.16. The van der Waals surface area contributed by atoms with Gasteiger partial charge in [0.15, 0.2) is 5.75 Å². The lowest BCUT2D eigenvalue weighted by Gasteiger charge is -2.34. The quantitative estimate of drug-likeness (QED) is 0.750. The maximum atomic E-state index is 13.4. The number of nitrogens with zero attached hydrogens (tertiary/aromatic N) is 4. The molecule has 2 amide bonds. The van der Waals surface area contributed by atoms with E-state index in [9.17, 15) is 9.59 Å². The van der Waals surface area contributed by atoms with Crippen LogP contribution in [0.2, 0.25) is 0 Å². The van der Waals surface area contributed by atoms with Crippen LogP contribution in [0.25, 0.3) is 0 Å². The number of hydrogen-bond acceptors (Lipinski definition) is 7. The van der Waals surface area contributed by atoms with Crippen molar-refractivity contribution in [2.75, 3.05) is 25.7 Å². The Morgan fingerprint density at radius 3 is 2.50 bits per heavy atom. The van der Waals surface area contributed by atoms with Gasteiger partial charge in [-0.15, -0.1) is 0 Å². The Morgan fingerprint density at radius 1 is 1.19 bits per heavy atom. The number of ether oxygens (including phenoxy) is 3. The minimum Gasteiger partial charge on any atom is -0.491 e. The average molecular weight is 446 g/mol. The maximum Gasteiger partial charge on any atom is 0.408 e. The predicted octanol–water partition coefficient (Wildman–Crippen LogP) is 3.49. The molecule has 0 saturated heterocycles. The number of rotatable bonds is 5. The summed E-state index contributed by atoms with van der Waals surface area (Å²) < 4.78 is 17.7. The van der Waals surface area contributed by atoms with Crippen molar-refractivity contribution < 1.29 is 23.8 Å². The van der Waals surface area contributed by atoms with Crippen molar-refractivity contribution in [3.8, 4) is 11.6 Å². The second kappa shape index (κ2) is 9.05. The summed E-state index contributed by atoms with van der Waals surface area (Å²) in [5.74, 6) is 0.439. The Morgan fingerprint density at radius 2 is 1.91 bits per heavy atom. The zero-order valence-electron chi connectivity index (χ0n) is 19.6. The molecule has 2 aromatic heterocycles. The minimum absolute atomic E-state index is 0.0412. The van der Waals surface area contributed by atoms with Crippen LogP contribution < -0.4 is 19.7 Å². The summed E-state index contributed by atoms with van der Waals surface area (Å²) in [7, 11) is 2.98. The van der Waals surface area contributed by atoms with Gasteiger partial charge >= 0.3 is 6.09 Å². The van der Waals surface area contributed by atoms with Crippen molar-refractivity contribution in [3.05, 3.63) is 29.7 Å². The standard InChI is InChI=1S/C22H31N5O5/c1-13(2)27-18-15(25-21(29)32-22(3,4)5)8-9-26(16(18)12-24-27)20(28)14-10-17(30-6)19(31-7)23-11-14/h10-13,15H,8-9H2,1-7H3,(H,25,29). The van der Waals surface area contributed by atoms with Crippen LogP contribution in [0.1, 0.15) is 69.2 Å². The molecule has 10 nitrogen and oxygen atoms in total. The number of fused-ring (bicyclic) bond motifs is 1. The molecular formula is C22H31N5O5. The first-order valence-electron chi connectivity index (χ1n) is 10.5. The highest BCUT2D eigenvalue weighted by Crippen LogP contribution is 2.37. The van der Waals surface area contributed by atoms with Crippen LogP contribution in [0.5, 0.6) is 11.6 Å². The molecular weight excluding hydrogens is 414 g/mol. The van der Waals surface area contributed by atoms with E-state index in [0.29, 0.717) is 35.8 Å². The van der Waals surface area contributed by atoms with Gasteiger partial charge in [0, 0.05) is 24.8 Å². The highest BCUT2D eigenvalue weighted by molar-refractivity contribution is 6.06. The van der Waals surface area contributed by atoms with Crippen molar-refractivity contribution in [2.24, 2.45) is 0 Å². The van der Waals surface area contributed by atoms with Gasteiger partial charge in [-0.25, -0.2) is 9.78 Å². The maximum absolute atomic E-state index is 13.4. The fourth-order valence-electron chi connectivity index (χ4n) is 3.64. The first kappa shape index (κ1) is 23.4. The summed E-state index contributed by atoms with van der Waals surface area (Å²) in [6.45, 7) is 9.83. The van der Waals surface area contributed by atoms with E-state index in [1.54, 1.807) is 17.2 Å². The molecule has 3 heterocycles. The molecule has 174 valence electrons. The summed E-state index contributed by atoms with van der Waals surface area (Å²) in [5, 5.41) is 7.42. The number of alkyl carbamates (subject to hydrolysis) is 1. The molecule has 10 heteroatoms. The molecule has 2 aromatic rings. The van der Waals surface area contributed by atoms with E-state index >= 15 is 0 Å². The van der Waals surface area contributed by atoms with Gasteiger partial charge in [0.2, 0.25) is 0 Å². The Balaban J connectivity index is 1.93. The van der Waals surface area contributed by atoms with E-state index in [-0.39, 0.29) is 18.0 Å². The molecule has 1 N–H and O–H groups in total. The molecule has 32 heavy (non-hydrogen) atoms. The predicted molar refractivity (Wildman–Crippen MR) is 118 cm³/mol. The van der Waals surface area contributed by atoms with Gasteiger partial charge in [-0.05, 0) is 41.0 Å². The smallest absolute Gasteiger partial charge is 0.408 e. The van der Waals surface area contributed by atoms with E-state index in [0.717, 1.165) is 5.69 Å². The molecule has 0 spiro atoms. The third-order valence-electron chi connectivity index (χ3n) is 4.98. The van der Waals surface area contributed by atoms with Crippen LogP contribution in [0.15, 0.2) is 18.5 Å². The van der Waals surface area contributed by atoms with E-state index in [4.69, 9.17) is 14.2 Å². The number of amides is 2. The van der Waals surface area contributed by atoms with Gasteiger partial charge in [0.05, 0.1) is 43.4 Å². The summed E-state index contributed by atoms with van der Waals surface area (Å²) in [6, 6.07) is 1.31. The summed E-state index contributed by atoms with van der Waals surface area (Å²) >= 11 is 0. The Kier molecular flexibility index (Phi) is 6.61. The van der Waals surface area contributed by atoms with E-state index < -0.39 is 11.7 Å². The first-order chi connectivity index (χ1) is 15.1. The fourth-order valence-corrected chi connectivity index (χ4v) is 3.64. The number of carbonyl (C=O) groups excluding carboxylic acids is 2. The van der Waals surface area contributed by atoms with E-state index in [1.807, 2.05) is 39.3 Å². The highest BCUT2D eigenvalue weighted by Gasteiger charge is 2.35. The van der Waals surface area contributed by atoms with Crippen molar-refractivity contribution in [1.29, 1.82) is 0 Å². The second-order valence-corrected chi connectivity index (χ2v) is 8.83. The second-order valence-electron chi connectivity index (χ2n) is 8.83. The highest BCUT2D eigenvalue weighted by atomic mass is 16.6. The van der Waals surface area contributed by atoms with Gasteiger partial charge in [-0.2, -0.15) is 5.10 Å². The largest absolute Gasteiger partial charge is 0.491 e. The molecule has 0 bridgehead atoms. The van der Waals surface area contributed by atoms with Crippen LogP contribution in [-0.4, -0.2) is 53.1 Å². The number of nitrogens with one attached hydrogen (secondary N) is 1. The van der Waals surface area contributed by atoms with Crippen LogP contribution in [0.3, 0.4) is 0 Å². The summed E-state index contributed by atoms with van der Waals surface area (Å²) in [6.07, 6.45) is 3.12. The number of pyridine rings is 1. The molecule has 0 saturated carbocycles. The van der Waals surface area contributed by atoms with Crippen LogP contribution in [0.4, 0.5) is 10.5 Å². The van der Waals surface area contributed by atoms with Gasteiger partial charge in [-0.3, -0.25) is 9.48 Å². The number of methoxy groups -OCH3 is 2. The summed E-state index contributed by atoms with van der Waals surface area (Å²) in [4.78, 5) is 31.6. The number of hydrogen-bond donors (Lipinski definition) is 1. The van der Waals surface area contributed by atoms with E-state index in [1.165, 1.54) is 20.4 Å². The Labute approximate surface area is 187 Å². The molecule has 3 rings (SSSR count). The van der Waals surface area contributed by atoms with Gasteiger partial charge in [-0.1, -0.05) is 0 Å². The lowest BCUT2D eigenvalue weighted by Crippen LogP contribution is -2.43. The molecule has 1 unspecified atom stereocenters. The van der Waals surface area contributed by atoms with Crippen LogP contribution in [-0.2, 0) is 4.74 Å². The normalized spacial score (nSPS) is 15.9. The first-order valence-corrected chi connectivity index (χ1v) is 10.5. The van der Waals surface area contributed by atoms with Crippen LogP contribution in [0, 0.1) is 0 Å². The van der Waals surface area contributed by atoms with Crippen molar-refractivity contribution in [1.82, 2.24) is 20.1 Å². The minimum atomic E-state index is -0.609. The third-order valence-corrected chi connectivity index (χ3v) is 4.98.